The van der Waals surface area contributed by atoms with Crippen molar-refractivity contribution in [2.45, 2.75) is 5.79 Å². The number of nitrogens with zero attached hydrogens (tertiary/aromatic N) is 2. The molecular formula is C14H19N5O. The van der Waals surface area contributed by atoms with Crippen molar-refractivity contribution in [2.24, 2.45) is 16.5 Å². The Morgan fingerprint density at radius 1 is 1.25 bits per heavy atom. The molecule has 1 unspecified atom stereocenters. The lowest BCUT2D eigenvalue weighted by Crippen LogP contribution is -2.50. The van der Waals surface area contributed by atoms with Crippen LogP contribution in [0.5, 0.6) is 0 Å². The first-order valence-corrected chi connectivity index (χ1v) is 6.70. The fourth-order valence-electron chi connectivity index (χ4n) is 2.54. The molecule has 1 fully saturated rings. The van der Waals surface area contributed by atoms with Gasteiger partial charge in [0.25, 0.3) is 0 Å². The molecule has 2 aliphatic rings. The summed E-state index contributed by atoms with van der Waals surface area (Å²) < 4.78 is 5.40. The molecule has 2 aliphatic heterocycles. The first-order valence-electron chi connectivity index (χ1n) is 6.70. The van der Waals surface area contributed by atoms with Gasteiger partial charge in [0.1, 0.15) is 5.84 Å². The van der Waals surface area contributed by atoms with E-state index < -0.39 is 5.79 Å². The third-order valence-corrected chi connectivity index (χ3v) is 3.53. The molecule has 1 aromatic rings. The maximum absolute atomic E-state index is 6.39. The number of hydrogen-bond acceptors (Lipinski definition) is 6. The molecule has 1 aromatic carbocycles. The topological polar surface area (TPSA) is 88.9 Å². The highest BCUT2D eigenvalue weighted by Gasteiger charge is 2.31. The number of morpholine rings is 1. The van der Waals surface area contributed by atoms with Crippen molar-refractivity contribution in [1.82, 2.24) is 5.32 Å². The Hall–Kier alpha value is -2.05. The second-order valence-corrected chi connectivity index (χ2v) is 4.90. The highest BCUT2D eigenvalue weighted by atomic mass is 16.5. The van der Waals surface area contributed by atoms with E-state index in [0.717, 1.165) is 37.6 Å². The lowest BCUT2D eigenvalue weighted by atomic mass is 10.0. The van der Waals surface area contributed by atoms with Gasteiger partial charge in [0.2, 0.25) is 5.79 Å². The van der Waals surface area contributed by atoms with Gasteiger partial charge >= 0.3 is 0 Å². The lowest BCUT2D eigenvalue weighted by Gasteiger charge is -2.36. The summed E-state index contributed by atoms with van der Waals surface area (Å²) in [7, 11) is 0. The monoisotopic (exact) mass is 273 g/mol. The van der Waals surface area contributed by atoms with E-state index in [1.54, 1.807) is 12.3 Å². The summed E-state index contributed by atoms with van der Waals surface area (Å²) in [5.74, 6) is -0.601. The average Bonchev–Trinajstić information content (AvgIpc) is 2.48. The Labute approximate surface area is 118 Å². The first-order chi connectivity index (χ1) is 9.69. The van der Waals surface area contributed by atoms with Gasteiger partial charge < -0.3 is 20.7 Å². The average molecular weight is 273 g/mol. The fourth-order valence-corrected chi connectivity index (χ4v) is 2.54. The molecule has 0 radical (unpaired) electrons. The Kier molecular flexibility index (Phi) is 3.33. The molecule has 1 atom stereocenters. The molecule has 106 valence electrons. The van der Waals surface area contributed by atoms with Crippen LogP contribution in [0.3, 0.4) is 0 Å². The second-order valence-electron chi connectivity index (χ2n) is 4.90. The van der Waals surface area contributed by atoms with E-state index in [2.05, 4.69) is 21.3 Å². The number of nitrogens with two attached hydrogens (primary N) is 2. The minimum atomic E-state index is -1.02. The molecule has 5 N–H and O–H groups in total. The van der Waals surface area contributed by atoms with E-state index in [-0.39, 0.29) is 0 Å². The molecule has 6 heteroatoms. The molecule has 20 heavy (non-hydrogen) atoms. The molecule has 2 heterocycles. The van der Waals surface area contributed by atoms with Gasteiger partial charge in [0.05, 0.1) is 13.2 Å². The highest BCUT2D eigenvalue weighted by Crippen LogP contribution is 2.30. The van der Waals surface area contributed by atoms with Gasteiger partial charge in [-0.15, -0.1) is 0 Å². The Bertz CT molecular complexity index is 550. The van der Waals surface area contributed by atoms with E-state index >= 15 is 0 Å². The molecule has 1 saturated heterocycles. The number of aliphatic imine (C=N–C) groups is 1. The van der Waals surface area contributed by atoms with E-state index in [4.69, 9.17) is 16.2 Å². The zero-order valence-corrected chi connectivity index (χ0v) is 11.2. The Morgan fingerprint density at radius 3 is 2.75 bits per heavy atom. The molecule has 6 nitrogen and oxygen atoms in total. The van der Waals surface area contributed by atoms with Gasteiger partial charge in [-0.25, -0.2) is 4.99 Å². The molecule has 0 amide bonds. The minimum Gasteiger partial charge on any atom is -0.384 e. The zero-order valence-electron chi connectivity index (χ0n) is 11.2. The van der Waals surface area contributed by atoms with E-state index in [9.17, 15) is 0 Å². The SMILES string of the molecule is NC1=NC(N)(c2ccccc2N2CCOCC2)NC=C1. The van der Waals surface area contributed by atoms with Gasteiger partial charge in [-0.1, -0.05) is 18.2 Å². The standard InChI is InChI=1S/C14H19N5O/c15-13-5-6-17-14(16,18-13)11-3-1-2-4-12(11)19-7-9-20-10-8-19/h1-6,17H,7-10,16H2,(H2,15,18). The number of nitrogens with one attached hydrogen (secondary N) is 1. The summed E-state index contributed by atoms with van der Waals surface area (Å²) in [4.78, 5) is 6.62. The molecule has 0 aliphatic carbocycles. The molecule has 3 rings (SSSR count). The molecule has 0 aromatic heterocycles. The summed E-state index contributed by atoms with van der Waals surface area (Å²) in [6.45, 7) is 3.15. The third kappa shape index (κ3) is 2.35. The largest absolute Gasteiger partial charge is 0.384 e. The van der Waals surface area contributed by atoms with E-state index in [1.165, 1.54) is 0 Å². The van der Waals surface area contributed by atoms with E-state index in [1.807, 2.05) is 18.2 Å². The number of hydrogen-bond donors (Lipinski definition) is 3. The summed E-state index contributed by atoms with van der Waals surface area (Å²) in [6, 6.07) is 8.00. The summed E-state index contributed by atoms with van der Waals surface area (Å²) in [5.41, 5.74) is 14.2. The summed E-state index contributed by atoms with van der Waals surface area (Å²) in [6.07, 6.45) is 3.43. The van der Waals surface area contributed by atoms with Crippen LogP contribution in [-0.4, -0.2) is 32.1 Å². The Morgan fingerprint density at radius 2 is 2.00 bits per heavy atom. The van der Waals surface area contributed by atoms with Crippen LogP contribution in [0.1, 0.15) is 5.56 Å². The van der Waals surface area contributed by atoms with Gasteiger partial charge in [-0.05, 0) is 12.1 Å². The van der Waals surface area contributed by atoms with Crippen molar-refractivity contribution < 1.29 is 4.74 Å². The van der Waals surface area contributed by atoms with Crippen molar-refractivity contribution in [1.29, 1.82) is 0 Å². The number of ether oxygens (including phenoxy) is 1. The predicted molar refractivity (Wildman–Crippen MR) is 79.2 cm³/mol. The van der Waals surface area contributed by atoms with Crippen molar-refractivity contribution in [3.8, 4) is 0 Å². The van der Waals surface area contributed by atoms with Gasteiger partial charge in [-0.2, -0.15) is 0 Å². The number of amidine groups is 1. The molecule has 0 saturated carbocycles. The molecule has 0 bridgehead atoms. The maximum atomic E-state index is 6.39. The maximum Gasteiger partial charge on any atom is 0.213 e. The van der Waals surface area contributed by atoms with Crippen molar-refractivity contribution in [3.05, 3.63) is 42.1 Å². The van der Waals surface area contributed by atoms with Crippen LogP contribution in [0.25, 0.3) is 0 Å². The number of anilines is 1. The van der Waals surface area contributed by atoms with Crippen LogP contribution in [-0.2, 0) is 10.5 Å². The second kappa shape index (κ2) is 5.15. The van der Waals surface area contributed by atoms with Crippen LogP contribution in [0.2, 0.25) is 0 Å². The van der Waals surface area contributed by atoms with Crippen molar-refractivity contribution >= 4 is 11.5 Å². The summed E-state index contributed by atoms with van der Waals surface area (Å²) >= 11 is 0. The van der Waals surface area contributed by atoms with Crippen molar-refractivity contribution in [3.63, 3.8) is 0 Å². The minimum absolute atomic E-state index is 0.419. The molecule has 0 spiro atoms. The third-order valence-electron chi connectivity index (χ3n) is 3.53. The zero-order chi connectivity index (χ0) is 14.0. The van der Waals surface area contributed by atoms with Crippen LogP contribution in [0.15, 0.2) is 41.5 Å². The summed E-state index contributed by atoms with van der Waals surface area (Å²) in [5, 5.41) is 3.09. The number of benzene rings is 1. The van der Waals surface area contributed by atoms with Crippen LogP contribution < -0.4 is 21.7 Å². The lowest BCUT2D eigenvalue weighted by molar-refractivity contribution is 0.122. The van der Waals surface area contributed by atoms with Crippen LogP contribution in [0, 0.1) is 0 Å². The fraction of sp³-hybridized carbons (Fsp3) is 0.357. The van der Waals surface area contributed by atoms with Gasteiger partial charge in [0.15, 0.2) is 0 Å². The van der Waals surface area contributed by atoms with Gasteiger partial charge in [-0.3, -0.25) is 5.73 Å². The quantitative estimate of drug-likeness (QED) is 0.709. The van der Waals surface area contributed by atoms with Crippen LogP contribution in [0.4, 0.5) is 5.69 Å². The van der Waals surface area contributed by atoms with Crippen molar-refractivity contribution in [2.75, 3.05) is 31.2 Å². The number of para-hydroxylation sites is 1. The van der Waals surface area contributed by atoms with Crippen LogP contribution >= 0.6 is 0 Å². The highest BCUT2D eigenvalue weighted by molar-refractivity contribution is 5.92. The smallest absolute Gasteiger partial charge is 0.213 e. The first kappa shape index (κ1) is 13.0. The van der Waals surface area contributed by atoms with Gasteiger partial charge in [0, 0.05) is 30.5 Å². The number of rotatable bonds is 2. The van der Waals surface area contributed by atoms with E-state index in [0.29, 0.717) is 5.84 Å². The molecular weight excluding hydrogens is 254 g/mol. The normalized spacial score (nSPS) is 26.1. The Balaban J connectivity index is 1.99. The predicted octanol–water partition coefficient (Wildman–Crippen LogP) is 0.0663.